The van der Waals surface area contributed by atoms with Gasteiger partial charge in [0.25, 0.3) is 0 Å². The molecule has 0 heterocycles. The first-order chi connectivity index (χ1) is 8.14. The van der Waals surface area contributed by atoms with Crippen LogP contribution in [0.4, 0.5) is 26.3 Å². The van der Waals surface area contributed by atoms with E-state index in [0.29, 0.717) is 19.3 Å². The van der Waals surface area contributed by atoms with E-state index < -0.39 is 24.3 Å². The Kier molecular flexibility index (Phi) is 7.02. The quantitative estimate of drug-likeness (QED) is 0.686. The van der Waals surface area contributed by atoms with Crippen LogP contribution >= 0.6 is 0 Å². The molecule has 0 amide bonds. The highest BCUT2D eigenvalue weighted by Gasteiger charge is 2.59. The van der Waals surface area contributed by atoms with E-state index in [1.807, 2.05) is 0 Å². The lowest BCUT2D eigenvalue weighted by Crippen LogP contribution is -2.51. The molecule has 110 valence electrons. The molecule has 0 rings (SSSR count). The molecule has 0 saturated heterocycles. The van der Waals surface area contributed by atoms with Crippen molar-refractivity contribution in [1.82, 2.24) is 5.32 Å². The zero-order valence-electron chi connectivity index (χ0n) is 10.5. The van der Waals surface area contributed by atoms with E-state index in [9.17, 15) is 26.3 Å². The van der Waals surface area contributed by atoms with Crippen LogP contribution in [0, 0.1) is 5.92 Å². The van der Waals surface area contributed by atoms with E-state index in [1.165, 1.54) is 0 Å². The number of hydrogen-bond acceptors (Lipinski definition) is 1. The second-order valence-electron chi connectivity index (χ2n) is 4.26. The van der Waals surface area contributed by atoms with Gasteiger partial charge in [0.15, 0.2) is 5.92 Å². The van der Waals surface area contributed by atoms with Crippen molar-refractivity contribution >= 4 is 0 Å². The van der Waals surface area contributed by atoms with Gasteiger partial charge in [-0.05, 0) is 19.4 Å². The summed E-state index contributed by atoms with van der Waals surface area (Å²) in [6.45, 7) is 3.57. The van der Waals surface area contributed by atoms with Gasteiger partial charge in [0.05, 0.1) is 0 Å². The smallest absolute Gasteiger partial charge is 0.313 e. The first kappa shape index (κ1) is 17.5. The van der Waals surface area contributed by atoms with Crippen LogP contribution in [0.2, 0.25) is 0 Å². The maximum Gasteiger partial charge on any atom is 0.401 e. The average molecular weight is 279 g/mol. The summed E-state index contributed by atoms with van der Waals surface area (Å²) in [4.78, 5) is 0. The Morgan fingerprint density at radius 3 is 1.72 bits per heavy atom. The molecule has 7 heteroatoms. The van der Waals surface area contributed by atoms with Crippen LogP contribution in [-0.4, -0.2) is 24.9 Å². The van der Waals surface area contributed by atoms with Crippen molar-refractivity contribution in [1.29, 1.82) is 0 Å². The SMILES string of the molecule is CCCCC(NCCC)C(C(F)(F)F)C(F)(F)F. The van der Waals surface area contributed by atoms with Crippen LogP contribution in [-0.2, 0) is 0 Å². The molecule has 18 heavy (non-hydrogen) atoms. The zero-order chi connectivity index (χ0) is 14.4. The van der Waals surface area contributed by atoms with E-state index >= 15 is 0 Å². The van der Waals surface area contributed by atoms with Gasteiger partial charge >= 0.3 is 12.4 Å². The fourth-order valence-corrected chi connectivity index (χ4v) is 1.78. The van der Waals surface area contributed by atoms with Crippen molar-refractivity contribution in [3.63, 3.8) is 0 Å². The predicted octanol–water partition coefficient (Wildman–Crippen LogP) is 4.29. The van der Waals surface area contributed by atoms with E-state index in [0.717, 1.165) is 0 Å². The van der Waals surface area contributed by atoms with Crippen molar-refractivity contribution in [2.24, 2.45) is 5.92 Å². The summed E-state index contributed by atoms with van der Waals surface area (Å²) in [5, 5.41) is 2.38. The molecule has 0 bridgehead atoms. The zero-order valence-corrected chi connectivity index (χ0v) is 10.5. The summed E-state index contributed by atoms with van der Waals surface area (Å²) in [7, 11) is 0. The lowest BCUT2D eigenvalue weighted by molar-refractivity contribution is -0.292. The Morgan fingerprint density at radius 2 is 1.39 bits per heavy atom. The fourth-order valence-electron chi connectivity index (χ4n) is 1.78. The van der Waals surface area contributed by atoms with E-state index in [2.05, 4.69) is 5.32 Å². The van der Waals surface area contributed by atoms with Crippen molar-refractivity contribution in [3.8, 4) is 0 Å². The molecular weight excluding hydrogens is 260 g/mol. The molecule has 1 nitrogen and oxygen atoms in total. The number of nitrogens with one attached hydrogen (secondary N) is 1. The summed E-state index contributed by atoms with van der Waals surface area (Å²) in [6, 6.07) is -1.59. The molecule has 0 aromatic rings. The van der Waals surface area contributed by atoms with E-state index in [1.54, 1.807) is 13.8 Å². The lowest BCUT2D eigenvalue weighted by Gasteiger charge is -2.31. The van der Waals surface area contributed by atoms with Gasteiger partial charge in [-0.1, -0.05) is 26.7 Å². The first-order valence-electron chi connectivity index (χ1n) is 6.01. The molecular formula is C11H19F6N. The Hall–Kier alpha value is -0.460. The number of rotatable bonds is 7. The van der Waals surface area contributed by atoms with Crippen molar-refractivity contribution in [2.45, 2.75) is 57.9 Å². The molecule has 0 aliphatic heterocycles. The Balaban J connectivity index is 4.95. The van der Waals surface area contributed by atoms with Crippen LogP contribution in [0.15, 0.2) is 0 Å². The topological polar surface area (TPSA) is 12.0 Å². The molecule has 1 unspecified atom stereocenters. The second-order valence-corrected chi connectivity index (χ2v) is 4.26. The molecule has 0 spiro atoms. The molecule has 0 radical (unpaired) electrons. The van der Waals surface area contributed by atoms with Crippen molar-refractivity contribution in [3.05, 3.63) is 0 Å². The van der Waals surface area contributed by atoms with E-state index in [4.69, 9.17) is 0 Å². The van der Waals surface area contributed by atoms with Gasteiger partial charge < -0.3 is 5.32 Å². The summed E-state index contributed by atoms with van der Waals surface area (Å²) in [5.41, 5.74) is 0. The fraction of sp³-hybridized carbons (Fsp3) is 1.00. The molecule has 0 aliphatic carbocycles. The summed E-state index contributed by atoms with van der Waals surface area (Å²) >= 11 is 0. The normalized spacial score (nSPS) is 15.2. The van der Waals surface area contributed by atoms with Crippen molar-refractivity contribution in [2.75, 3.05) is 6.54 Å². The van der Waals surface area contributed by atoms with Crippen LogP contribution in [0.1, 0.15) is 39.5 Å². The number of unbranched alkanes of at least 4 members (excludes halogenated alkanes) is 1. The lowest BCUT2D eigenvalue weighted by atomic mass is 9.93. The van der Waals surface area contributed by atoms with Gasteiger partial charge in [-0.25, -0.2) is 0 Å². The van der Waals surface area contributed by atoms with Crippen LogP contribution in [0.25, 0.3) is 0 Å². The Labute approximate surface area is 103 Å². The number of hydrogen-bond donors (Lipinski definition) is 1. The minimum atomic E-state index is -5.27. The predicted molar refractivity (Wildman–Crippen MR) is 57.2 cm³/mol. The Morgan fingerprint density at radius 1 is 0.889 bits per heavy atom. The van der Waals surface area contributed by atoms with Gasteiger partial charge in [-0.3, -0.25) is 0 Å². The molecule has 0 aromatic carbocycles. The highest BCUT2D eigenvalue weighted by atomic mass is 19.4. The molecule has 0 aromatic heterocycles. The maximum absolute atomic E-state index is 12.6. The van der Waals surface area contributed by atoms with Crippen molar-refractivity contribution < 1.29 is 26.3 Å². The standard InChI is InChI=1S/C11H19F6N/c1-3-5-6-8(18-7-4-2)9(10(12,13)14)11(15,16)17/h8-9,18H,3-7H2,1-2H3. The third kappa shape index (κ3) is 5.93. The summed E-state index contributed by atoms with van der Waals surface area (Å²) < 4.78 is 75.4. The average Bonchev–Trinajstić information content (AvgIpc) is 2.17. The van der Waals surface area contributed by atoms with Gasteiger partial charge in [0.2, 0.25) is 0 Å². The van der Waals surface area contributed by atoms with Crippen LogP contribution < -0.4 is 5.32 Å². The Bertz CT molecular complexity index is 201. The largest absolute Gasteiger partial charge is 0.401 e. The third-order valence-electron chi connectivity index (χ3n) is 2.63. The second kappa shape index (κ2) is 7.21. The first-order valence-corrected chi connectivity index (χ1v) is 6.01. The maximum atomic E-state index is 12.6. The van der Waals surface area contributed by atoms with Crippen LogP contribution in [0.3, 0.4) is 0 Å². The molecule has 0 fully saturated rings. The minimum absolute atomic E-state index is 0.125. The van der Waals surface area contributed by atoms with Gasteiger partial charge in [-0.2, -0.15) is 26.3 Å². The van der Waals surface area contributed by atoms with Gasteiger partial charge in [0, 0.05) is 6.04 Å². The summed E-state index contributed by atoms with van der Waals surface area (Å²) in [6.07, 6.45) is -9.27. The summed E-state index contributed by atoms with van der Waals surface area (Å²) in [5.74, 6) is -3.29. The number of alkyl halides is 6. The molecule has 0 aliphatic rings. The molecule has 1 N–H and O–H groups in total. The monoisotopic (exact) mass is 279 g/mol. The van der Waals surface area contributed by atoms with E-state index in [-0.39, 0.29) is 13.0 Å². The highest BCUT2D eigenvalue weighted by Crippen LogP contribution is 2.42. The highest BCUT2D eigenvalue weighted by molar-refractivity contribution is 4.87. The molecule has 1 atom stereocenters. The van der Waals surface area contributed by atoms with Gasteiger partial charge in [0.1, 0.15) is 0 Å². The van der Waals surface area contributed by atoms with Gasteiger partial charge in [-0.15, -0.1) is 0 Å². The number of halogens is 6. The van der Waals surface area contributed by atoms with Crippen LogP contribution in [0.5, 0.6) is 0 Å². The molecule has 0 saturated carbocycles. The minimum Gasteiger partial charge on any atom is -0.313 e. The third-order valence-corrected chi connectivity index (χ3v) is 2.63.